The Balaban J connectivity index is 1.65. The summed E-state index contributed by atoms with van der Waals surface area (Å²) in [7, 11) is 0. The van der Waals surface area contributed by atoms with Crippen molar-refractivity contribution in [1.82, 2.24) is 10.3 Å². The topological polar surface area (TPSA) is 57.3 Å². The number of piperazine rings is 1. The molecule has 5 nitrogen and oxygen atoms in total. The van der Waals surface area contributed by atoms with Crippen LogP contribution in [0.4, 0.5) is 10.8 Å². The molecule has 1 aromatic heterocycles. The van der Waals surface area contributed by atoms with Crippen molar-refractivity contribution in [2.24, 2.45) is 0 Å². The highest BCUT2D eigenvalue weighted by atomic mass is 32.1. The largest absolute Gasteiger partial charge is 0.346 e. The van der Waals surface area contributed by atoms with E-state index in [1.165, 1.54) is 16.9 Å². The van der Waals surface area contributed by atoms with Crippen LogP contribution in [0.25, 0.3) is 0 Å². The lowest BCUT2D eigenvalue weighted by molar-refractivity contribution is 0.103. The molecule has 0 radical (unpaired) electrons. The molecule has 0 unspecified atom stereocenters. The van der Waals surface area contributed by atoms with Crippen LogP contribution < -0.4 is 15.5 Å². The minimum Gasteiger partial charge on any atom is -0.346 e. The Kier molecular flexibility index (Phi) is 4.87. The molecular weight excluding hydrogens is 320 g/mol. The molecule has 1 saturated heterocycles. The maximum absolute atomic E-state index is 12.4. The lowest BCUT2D eigenvalue weighted by atomic mass is 9.87. The number of amides is 1. The van der Waals surface area contributed by atoms with Crippen LogP contribution in [0.15, 0.2) is 30.5 Å². The molecule has 0 spiro atoms. The molecule has 2 aromatic rings. The fourth-order valence-electron chi connectivity index (χ4n) is 2.62. The highest BCUT2D eigenvalue weighted by Crippen LogP contribution is 2.25. The van der Waals surface area contributed by atoms with Crippen LogP contribution in [0.1, 0.15) is 36.0 Å². The third-order valence-electron chi connectivity index (χ3n) is 4.11. The molecule has 2 N–H and O–H groups in total. The number of carbonyl (C=O) groups excluding carboxylic acids is 1. The first-order chi connectivity index (χ1) is 11.4. The van der Waals surface area contributed by atoms with E-state index in [4.69, 9.17) is 0 Å². The first-order valence-corrected chi connectivity index (χ1v) is 9.08. The predicted octanol–water partition coefficient (Wildman–Crippen LogP) is 3.10. The predicted molar refractivity (Wildman–Crippen MR) is 100 cm³/mol. The summed E-state index contributed by atoms with van der Waals surface area (Å²) >= 11 is 1.45. The maximum atomic E-state index is 12.4. The number of hydrogen-bond acceptors (Lipinski definition) is 5. The van der Waals surface area contributed by atoms with Crippen LogP contribution in [0.5, 0.6) is 0 Å². The monoisotopic (exact) mass is 344 g/mol. The number of carbonyl (C=O) groups is 1. The van der Waals surface area contributed by atoms with Crippen LogP contribution in [-0.2, 0) is 5.41 Å². The molecule has 1 amide bonds. The van der Waals surface area contributed by atoms with Crippen molar-refractivity contribution in [2.45, 2.75) is 26.2 Å². The van der Waals surface area contributed by atoms with Gasteiger partial charge in [-0.3, -0.25) is 4.79 Å². The van der Waals surface area contributed by atoms with Gasteiger partial charge in [0.1, 0.15) is 4.88 Å². The molecular formula is C18H24N4OS. The first-order valence-electron chi connectivity index (χ1n) is 8.27. The van der Waals surface area contributed by atoms with Gasteiger partial charge in [-0.05, 0) is 23.1 Å². The highest BCUT2D eigenvalue weighted by molar-refractivity contribution is 7.17. The second kappa shape index (κ2) is 6.91. The SMILES string of the molecule is CC(C)(C)c1ccc(NC(=O)c2cnc(N3CCNCC3)s2)cc1. The molecule has 1 fully saturated rings. The lowest BCUT2D eigenvalue weighted by Crippen LogP contribution is -2.43. The standard InChI is InChI=1S/C18H24N4OS/c1-18(2,3)13-4-6-14(7-5-13)21-16(23)15-12-20-17(24-15)22-10-8-19-9-11-22/h4-7,12,19H,8-11H2,1-3H3,(H,21,23). The van der Waals surface area contributed by atoms with Gasteiger partial charge in [0.2, 0.25) is 0 Å². The molecule has 0 saturated carbocycles. The zero-order valence-corrected chi connectivity index (χ0v) is 15.2. The summed E-state index contributed by atoms with van der Waals surface area (Å²) in [6.07, 6.45) is 1.67. The highest BCUT2D eigenvalue weighted by Gasteiger charge is 2.17. The quantitative estimate of drug-likeness (QED) is 0.898. The van der Waals surface area contributed by atoms with Crippen LogP contribution in [-0.4, -0.2) is 37.1 Å². The minimum atomic E-state index is -0.0996. The van der Waals surface area contributed by atoms with Gasteiger partial charge in [-0.2, -0.15) is 0 Å². The summed E-state index contributed by atoms with van der Waals surface area (Å²) in [4.78, 5) is 19.7. The van der Waals surface area contributed by atoms with Crippen molar-refractivity contribution >= 4 is 28.1 Å². The number of hydrogen-bond donors (Lipinski definition) is 2. The van der Waals surface area contributed by atoms with Crippen molar-refractivity contribution in [3.05, 3.63) is 40.9 Å². The number of benzene rings is 1. The molecule has 1 aliphatic rings. The molecule has 24 heavy (non-hydrogen) atoms. The molecule has 1 aromatic carbocycles. The van der Waals surface area contributed by atoms with Crippen LogP contribution in [0, 0.1) is 0 Å². The lowest BCUT2D eigenvalue weighted by Gasteiger charge is -2.26. The van der Waals surface area contributed by atoms with Crippen molar-refractivity contribution in [3.63, 3.8) is 0 Å². The fourth-order valence-corrected chi connectivity index (χ4v) is 3.48. The molecule has 128 valence electrons. The minimum absolute atomic E-state index is 0.0996. The molecule has 2 heterocycles. The van der Waals surface area contributed by atoms with E-state index in [-0.39, 0.29) is 11.3 Å². The van der Waals surface area contributed by atoms with E-state index in [1.807, 2.05) is 12.1 Å². The van der Waals surface area contributed by atoms with E-state index in [0.717, 1.165) is 37.0 Å². The third-order valence-corrected chi connectivity index (χ3v) is 5.17. The van der Waals surface area contributed by atoms with E-state index in [1.54, 1.807) is 6.20 Å². The number of nitrogens with zero attached hydrogens (tertiary/aromatic N) is 2. The van der Waals surface area contributed by atoms with Gasteiger partial charge in [-0.25, -0.2) is 4.98 Å². The average Bonchev–Trinajstić information content (AvgIpc) is 3.05. The summed E-state index contributed by atoms with van der Waals surface area (Å²) in [6.45, 7) is 10.3. The van der Waals surface area contributed by atoms with Gasteiger partial charge in [-0.1, -0.05) is 44.2 Å². The van der Waals surface area contributed by atoms with E-state index < -0.39 is 0 Å². The Morgan fingerprint density at radius 3 is 2.50 bits per heavy atom. The number of nitrogens with one attached hydrogen (secondary N) is 2. The first kappa shape index (κ1) is 16.9. The second-order valence-corrected chi connectivity index (χ2v) is 8.03. The zero-order chi connectivity index (χ0) is 17.2. The van der Waals surface area contributed by atoms with Gasteiger partial charge >= 0.3 is 0 Å². The summed E-state index contributed by atoms with van der Waals surface area (Å²) in [6, 6.07) is 8.04. The van der Waals surface area contributed by atoms with Gasteiger partial charge in [0.25, 0.3) is 5.91 Å². The van der Waals surface area contributed by atoms with Crippen LogP contribution >= 0.6 is 11.3 Å². The van der Waals surface area contributed by atoms with Gasteiger partial charge in [0.15, 0.2) is 5.13 Å². The molecule has 6 heteroatoms. The second-order valence-electron chi connectivity index (χ2n) is 7.03. The van der Waals surface area contributed by atoms with Crippen LogP contribution in [0.3, 0.4) is 0 Å². The molecule has 1 aliphatic heterocycles. The summed E-state index contributed by atoms with van der Waals surface area (Å²) in [5.74, 6) is -0.0996. The summed E-state index contributed by atoms with van der Waals surface area (Å²) < 4.78 is 0. The van der Waals surface area contributed by atoms with Gasteiger partial charge in [0, 0.05) is 31.9 Å². The third kappa shape index (κ3) is 3.94. The van der Waals surface area contributed by atoms with Crippen molar-refractivity contribution in [1.29, 1.82) is 0 Å². The summed E-state index contributed by atoms with van der Waals surface area (Å²) in [5.41, 5.74) is 2.17. The summed E-state index contributed by atoms with van der Waals surface area (Å²) in [5, 5.41) is 7.19. The molecule has 0 atom stereocenters. The fraction of sp³-hybridized carbons (Fsp3) is 0.444. The Morgan fingerprint density at radius 1 is 1.21 bits per heavy atom. The Hall–Kier alpha value is -1.92. The van der Waals surface area contributed by atoms with E-state index >= 15 is 0 Å². The Bertz CT molecular complexity index is 697. The van der Waals surface area contributed by atoms with Gasteiger partial charge in [0.05, 0.1) is 6.20 Å². The average molecular weight is 344 g/mol. The van der Waals surface area contributed by atoms with Gasteiger partial charge in [-0.15, -0.1) is 0 Å². The molecule has 0 bridgehead atoms. The molecule has 3 rings (SSSR count). The van der Waals surface area contributed by atoms with E-state index in [0.29, 0.717) is 4.88 Å². The normalized spacial score (nSPS) is 15.4. The number of rotatable bonds is 3. The molecule has 0 aliphatic carbocycles. The zero-order valence-electron chi connectivity index (χ0n) is 14.4. The van der Waals surface area contributed by atoms with Crippen molar-refractivity contribution in [2.75, 3.05) is 36.4 Å². The van der Waals surface area contributed by atoms with Crippen molar-refractivity contribution in [3.8, 4) is 0 Å². The Labute approximate surface area is 147 Å². The van der Waals surface area contributed by atoms with Crippen LogP contribution in [0.2, 0.25) is 0 Å². The van der Waals surface area contributed by atoms with Crippen molar-refractivity contribution < 1.29 is 4.79 Å². The number of aromatic nitrogens is 1. The Morgan fingerprint density at radius 2 is 1.88 bits per heavy atom. The number of anilines is 2. The van der Waals surface area contributed by atoms with E-state index in [2.05, 4.69) is 53.4 Å². The number of thiazole rings is 1. The van der Waals surface area contributed by atoms with E-state index in [9.17, 15) is 4.79 Å². The maximum Gasteiger partial charge on any atom is 0.267 e. The van der Waals surface area contributed by atoms with Gasteiger partial charge < -0.3 is 15.5 Å². The smallest absolute Gasteiger partial charge is 0.267 e.